The van der Waals surface area contributed by atoms with Crippen LogP contribution in [0.1, 0.15) is 59.1 Å². The van der Waals surface area contributed by atoms with Crippen molar-refractivity contribution in [3.05, 3.63) is 35.0 Å². The van der Waals surface area contributed by atoms with E-state index in [1.807, 2.05) is 18.0 Å². The molecule has 134 valence electrons. The lowest BCUT2D eigenvalue weighted by Crippen LogP contribution is -2.39. The maximum absolute atomic E-state index is 12.6. The van der Waals surface area contributed by atoms with Crippen molar-refractivity contribution in [2.75, 3.05) is 26.2 Å². The van der Waals surface area contributed by atoms with Crippen molar-refractivity contribution in [2.24, 2.45) is 0 Å². The molecule has 1 N–H and O–H groups in total. The average molecular weight is 343 g/mol. The van der Waals surface area contributed by atoms with E-state index >= 15 is 0 Å². The predicted molar refractivity (Wildman–Crippen MR) is 92.2 cm³/mol. The summed E-state index contributed by atoms with van der Waals surface area (Å²) < 4.78 is 5.15. The molecule has 2 aromatic heterocycles. The van der Waals surface area contributed by atoms with Crippen LogP contribution in [0.5, 0.6) is 0 Å². The Morgan fingerprint density at radius 1 is 1.32 bits per heavy atom. The highest BCUT2D eigenvalue weighted by molar-refractivity contribution is 5.91. The van der Waals surface area contributed by atoms with Gasteiger partial charge in [-0.15, -0.1) is 0 Å². The molecule has 1 atom stereocenters. The third-order valence-corrected chi connectivity index (χ3v) is 5.30. The molecule has 2 aromatic rings. The van der Waals surface area contributed by atoms with Crippen LogP contribution in [-0.4, -0.2) is 57.2 Å². The van der Waals surface area contributed by atoms with E-state index in [4.69, 9.17) is 4.52 Å². The smallest absolute Gasteiger partial charge is 0.292 e. The zero-order chi connectivity index (χ0) is 17.2. The molecule has 4 heterocycles. The number of nitrogens with one attached hydrogen (secondary N) is 1. The minimum atomic E-state index is -0.0640. The Morgan fingerprint density at radius 3 is 2.92 bits per heavy atom. The Morgan fingerprint density at radius 2 is 2.16 bits per heavy atom. The topological polar surface area (TPSA) is 78.3 Å². The van der Waals surface area contributed by atoms with Gasteiger partial charge in [-0.05, 0) is 45.7 Å². The molecule has 0 spiro atoms. The zero-order valence-corrected chi connectivity index (χ0v) is 14.7. The lowest BCUT2D eigenvalue weighted by molar-refractivity contribution is 0.0663. The van der Waals surface area contributed by atoms with E-state index in [-0.39, 0.29) is 5.91 Å². The molecule has 1 amide bonds. The summed E-state index contributed by atoms with van der Waals surface area (Å²) in [5.41, 5.74) is 3.20. The summed E-state index contributed by atoms with van der Waals surface area (Å²) in [5.74, 6) is 0.577. The summed E-state index contributed by atoms with van der Waals surface area (Å²) >= 11 is 0. The first-order chi connectivity index (χ1) is 12.2. The van der Waals surface area contributed by atoms with Gasteiger partial charge in [0.05, 0.1) is 11.9 Å². The Kier molecular flexibility index (Phi) is 4.57. The molecule has 0 aliphatic carbocycles. The zero-order valence-electron chi connectivity index (χ0n) is 14.7. The lowest BCUT2D eigenvalue weighted by Gasteiger charge is -2.32. The van der Waals surface area contributed by atoms with Gasteiger partial charge in [0.1, 0.15) is 0 Å². The Hall–Kier alpha value is -2.15. The van der Waals surface area contributed by atoms with E-state index in [9.17, 15) is 4.79 Å². The van der Waals surface area contributed by atoms with Gasteiger partial charge in [-0.3, -0.25) is 14.8 Å². The SMILES string of the molecule is Cc1cc(C(=O)N2CCCC(c3[nH]ncc3CN3CCCC3)C2)on1. The van der Waals surface area contributed by atoms with Crippen molar-refractivity contribution >= 4 is 5.91 Å². The maximum Gasteiger partial charge on any atom is 0.292 e. The standard InChI is InChI=1S/C18H25N5O2/c1-13-9-16(25-21-13)18(24)23-8-4-5-14(12-23)17-15(10-19-20-17)11-22-6-2-3-7-22/h9-10,14H,2-8,11-12H2,1H3,(H,19,20). The van der Waals surface area contributed by atoms with Crippen molar-refractivity contribution in [1.82, 2.24) is 25.2 Å². The fraction of sp³-hybridized carbons (Fsp3) is 0.611. The van der Waals surface area contributed by atoms with Crippen LogP contribution in [-0.2, 0) is 6.54 Å². The first kappa shape index (κ1) is 16.3. The molecule has 4 rings (SSSR count). The number of likely N-dealkylation sites (tertiary alicyclic amines) is 2. The van der Waals surface area contributed by atoms with Gasteiger partial charge in [0.15, 0.2) is 0 Å². The van der Waals surface area contributed by atoms with Crippen LogP contribution in [0.2, 0.25) is 0 Å². The van der Waals surface area contributed by atoms with Crippen molar-refractivity contribution in [3.63, 3.8) is 0 Å². The number of amides is 1. The van der Waals surface area contributed by atoms with Crippen molar-refractivity contribution < 1.29 is 9.32 Å². The number of H-pyrrole nitrogens is 1. The summed E-state index contributed by atoms with van der Waals surface area (Å²) in [6.07, 6.45) is 6.60. The third-order valence-electron chi connectivity index (χ3n) is 5.30. The number of aromatic nitrogens is 3. The van der Waals surface area contributed by atoms with Gasteiger partial charge < -0.3 is 9.42 Å². The van der Waals surface area contributed by atoms with Gasteiger partial charge in [0.25, 0.3) is 5.91 Å². The van der Waals surface area contributed by atoms with Gasteiger partial charge in [0.2, 0.25) is 5.76 Å². The molecule has 0 bridgehead atoms. The highest BCUT2D eigenvalue weighted by atomic mass is 16.5. The molecule has 2 aliphatic heterocycles. The summed E-state index contributed by atoms with van der Waals surface area (Å²) in [5, 5.41) is 11.3. The van der Waals surface area contributed by atoms with Gasteiger partial charge in [-0.1, -0.05) is 5.16 Å². The fourth-order valence-electron chi connectivity index (χ4n) is 4.00. The number of piperidine rings is 1. The molecular formula is C18H25N5O2. The number of nitrogens with zero attached hydrogens (tertiary/aromatic N) is 4. The molecule has 2 aliphatic rings. The molecule has 7 nitrogen and oxygen atoms in total. The average Bonchev–Trinajstić information content (AvgIpc) is 3.37. The minimum Gasteiger partial charge on any atom is -0.351 e. The van der Waals surface area contributed by atoms with Crippen LogP contribution in [0.15, 0.2) is 16.8 Å². The molecule has 0 radical (unpaired) electrons. The third kappa shape index (κ3) is 3.46. The molecule has 25 heavy (non-hydrogen) atoms. The van der Waals surface area contributed by atoms with Crippen molar-refractivity contribution in [2.45, 2.75) is 45.1 Å². The molecule has 0 aromatic carbocycles. The quantitative estimate of drug-likeness (QED) is 0.922. The number of carbonyl (C=O) groups is 1. The molecule has 7 heteroatoms. The van der Waals surface area contributed by atoms with Gasteiger partial charge in [-0.25, -0.2) is 0 Å². The first-order valence-corrected chi connectivity index (χ1v) is 9.18. The van der Waals surface area contributed by atoms with Crippen LogP contribution in [0.25, 0.3) is 0 Å². The normalized spacial score (nSPS) is 21.8. The van der Waals surface area contributed by atoms with E-state index < -0.39 is 0 Å². The van der Waals surface area contributed by atoms with Gasteiger partial charge in [0, 0.05) is 42.9 Å². The molecule has 0 saturated carbocycles. The summed E-state index contributed by atoms with van der Waals surface area (Å²) in [6, 6.07) is 1.71. The monoisotopic (exact) mass is 343 g/mol. The van der Waals surface area contributed by atoms with E-state index in [1.165, 1.54) is 37.2 Å². The van der Waals surface area contributed by atoms with Crippen LogP contribution >= 0.6 is 0 Å². The van der Waals surface area contributed by atoms with Crippen LogP contribution in [0, 0.1) is 6.92 Å². The van der Waals surface area contributed by atoms with Crippen molar-refractivity contribution in [1.29, 1.82) is 0 Å². The number of hydrogen-bond donors (Lipinski definition) is 1. The number of carbonyl (C=O) groups excluding carboxylic acids is 1. The Bertz CT molecular complexity index is 731. The molecular weight excluding hydrogens is 318 g/mol. The Balaban J connectivity index is 1.46. The summed E-state index contributed by atoms with van der Waals surface area (Å²) in [7, 11) is 0. The van der Waals surface area contributed by atoms with Crippen LogP contribution < -0.4 is 0 Å². The second kappa shape index (κ2) is 7.00. The summed E-state index contributed by atoms with van der Waals surface area (Å²) in [4.78, 5) is 17.0. The second-order valence-electron chi connectivity index (χ2n) is 7.22. The van der Waals surface area contributed by atoms with E-state index in [1.54, 1.807) is 6.07 Å². The molecule has 1 unspecified atom stereocenters. The fourth-order valence-corrected chi connectivity index (χ4v) is 4.00. The molecule has 2 fully saturated rings. The van der Waals surface area contributed by atoms with Gasteiger partial charge in [-0.2, -0.15) is 5.10 Å². The predicted octanol–water partition coefficient (Wildman–Crippen LogP) is 2.32. The van der Waals surface area contributed by atoms with E-state index in [0.717, 1.165) is 31.6 Å². The number of aromatic amines is 1. The second-order valence-corrected chi connectivity index (χ2v) is 7.22. The minimum absolute atomic E-state index is 0.0640. The van der Waals surface area contributed by atoms with Crippen molar-refractivity contribution in [3.8, 4) is 0 Å². The lowest BCUT2D eigenvalue weighted by atomic mass is 9.92. The number of aryl methyl sites for hydroxylation is 1. The molecule has 2 saturated heterocycles. The number of rotatable bonds is 4. The van der Waals surface area contributed by atoms with Crippen LogP contribution in [0.3, 0.4) is 0 Å². The highest BCUT2D eigenvalue weighted by Gasteiger charge is 2.30. The largest absolute Gasteiger partial charge is 0.351 e. The number of hydrogen-bond acceptors (Lipinski definition) is 5. The Labute approximate surface area is 147 Å². The van der Waals surface area contributed by atoms with E-state index in [0.29, 0.717) is 18.2 Å². The van der Waals surface area contributed by atoms with E-state index in [2.05, 4.69) is 20.3 Å². The van der Waals surface area contributed by atoms with Gasteiger partial charge >= 0.3 is 0 Å². The first-order valence-electron chi connectivity index (χ1n) is 9.18. The maximum atomic E-state index is 12.6. The van der Waals surface area contributed by atoms with Crippen LogP contribution in [0.4, 0.5) is 0 Å². The highest BCUT2D eigenvalue weighted by Crippen LogP contribution is 2.29. The summed E-state index contributed by atoms with van der Waals surface area (Å²) in [6.45, 7) is 6.60.